The van der Waals surface area contributed by atoms with Gasteiger partial charge < -0.3 is 9.47 Å². The topological polar surface area (TPSA) is 107 Å². The Balaban J connectivity index is 1.46. The second-order valence-corrected chi connectivity index (χ2v) is 9.75. The van der Waals surface area contributed by atoms with Crippen LogP contribution in [-0.2, 0) is 19.1 Å². The highest BCUT2D eigenvalue weighted by Gasteiger charge is 2.74. The van der Waals surface area contributed by atoms with Gasteiger partial charge in [-0.25, -0.2) is 9.69 Å². The summed E-state index contributed by atoms with van der Waals surface area (Å²) >= 11 is 6.06. The molecule has 0 radical (unpaired) electrons. The van der Waals surface area contributed by atoms with E-state index in [2.05, 4.69) is 0 Å². The number of esters is 1. The molecule has 2 heterocycles. The third-order valence-electron chi connectivity index (χ3n) is 7.35. The molecule has 2 amide bonds. The molecule has 6 rings (SSSR count). The van der Waals surface area contributed by atoms with Crippen molar-refractivity contribution in [2.45, 2.75) is 18.6 Å². The highest BCUT2D eigenvalue weighted by atomic mass is 35.5. The Morgan fingerprint density at radius 2 is 1.50 bits per heavy atom. The van der Waals surface area contributed by atoms with Crippen molar-refractivity contribution < 1.29 is 33.4 Å². The predicted octanol–water partition coefficient (Wildman–Crippen LogP) is 4.21. The molecule has 3 atom stereocenters. The lowest BCUT2D eigenvalue weighted by Gasteiger charge is -2.27. The first kappa shape index (κ1) is 24.2. The van der Waals surface area contributed by atoms with Gasteiger partial charge in [-0.05, 0) is 48.9 Å². The molecule has 1 aliphatic carbocycles. The number of carbonyl (C=O) groups is 5. The van der Waals surface area contributed by atoms with Gasteiger partial charge >= 0.3 is 5.97 Å². The lowest BCUT2D eigenvalue weighted by molar-refractivity contribution is -0.127. The number of benzene rings is 3. The van der Waals surface area contributed by atoms with Gasteiger partial charge in [-0.1, -0.05) is 48.0 Å². The molecule has 2 aliphatic heterocycles. The molecule has 0 bridgehead atoms. The Kier molecular flexibility index (Phi) is 5.55. The van der Waals surface area contributed by atoms with Crippen LogP contribution in [0, 0.1) is 11.8 Å². The number of rotatable bonds is 4. The molecule has 0 aromatic heterocycles. The van der Waals surface area contributed by atoms with Gasteiger partial charge in [0.05, 0.1) is 35.8 Å². The van der Waals surface area contributed by atoms with Gasteiger partial charge in [0.25, 0.3) is 0 Å². The van der Waals surface area contributed by atoms with Crippen molar-refractivity contribution in [2.75, 3.05) is 11.5 Å². The Bertz CT molecular complexity index is 1490. The fraction of sp³-hybridized carbons (Fsp3) is 0.207. The molecular formula is C29H20ClNO7. The van der Waals surface area contributed by atoms with Crippen molar-refractivity contribution >= 4 is 46.6 Å². The van der Waals surface area contributed by atoms with Gasteiger partial charge in [-0.2, -0.15) is 0 Å². The quantitative estimate of drug-likeness (QED) is 0.283. The largest absolute Gasteiger partial charge is 0.462 e. The van der Waals surface area contributed by atoms with Gasteiger partial charge in [0.1, 0.15) is 0 Å². The molecule has 1 spiro atoms. The molecule has 8 nitrogen and oxygen atoms in total. The molecule has 3 aromatic carbocycles. The molecule has 0 saturated carbocycles. The average Bonchev–Trinajstić information content (AvgIpc) is 3.49. The molecule has 2 fully saturated rings. The van der Waals surface area contributed by atoms with Crippen LogP contribution in [-0.4, -0.2) is 41.6 Å². The average molecular weight is 530 g/mol. The number of halogens is 1. The van der Waals surface area contributed by atoms with E-state index in [1.165, 1.54) is 36.4 Å². The molecule has 9 heteroatoms. The van der Waals surface area contributed by atoms with Gasteiger partial charge in [0.2, 0.25) is 29.0 Å². The number of nitrogens with zero attached hydrogens (tertiary/aromatic N) is 1. The standard InChI is InChI=1S/C29H20ClNO7/c1-2-37-28(36)16-9-13-18(14-10-16)31-26(34)21-22(27(31)35)29(38-23(21)15-7-11-17(30)12-8-15)24(32)19-5-3-4-6-20(19)25(29)33/h3-14,21-23H,2H2,1H3/t21-,22-,23-/m1/s1. The summed E-state index contributed by atoms with van der Waals surface area (Å²) in [5, 5.41) is 0.454. The van der Waals surface area contributed by atoms with Crippen LogP contribution in [0.2, 0.25) is 5.02 Å². The molecule has 0 unspecified atom stereocenters. The first-order valence-electron chi connectivity index (χ1n) is 12.1. The summed E-state index contributed by atoms with van der Waals surface area (Å²) < 4.78 is 11.2. The monoisotopic (exact) mass is 529 g/mol. The molecule has 3 aliphatic rings. The number of Topliss-reactive ketones (excluding diaryl/α,β-unsaturated/α-hetero) is 2. The van der Waals surface area contributed by atoms with Crippen molar-refractivity contribution in [3.8, 4) is 0 Å². The molecule has 2 saturated heterocycles. The van der Waals surface area contributed by atoms with Crippen LogP contribution in [0.5, 0.6) is 0 Å². The summed E-state index contributed by atoms with van der Waals surface area (Å²) in [6.45, 7) is 1.89. The van der Waals surface area contributed by atoms with Crippen molar-refractivity contribution in [2.24, 2.45) is 11.8 Å². The Hall–Kier alpha value is -4.14. The van der Waals surface area contributed by atoms with E-state index in [4.69, 9.17) is 21.1 Å². The van der Waals surface area contributed by atoms with Crippen LogP contribution in [0.4, 0.5) is 5.69 Å². The first-order valence-corrected chi connectivity index (χ1v) is 12.4. The summed E-state index contributed by atoms with van der Waals surface area (Å²) in [5.41, 5.74) is -0.868. The van der Waals surface area contributed by atoms with E-state index < -0.39 is 52.9 Å². The van der Waals surface area contributed by atoms with Gasteiger partial charge in [-0.15, -0.1) is 0 Å². The number of imide groups is 1. The van der Waals surface area contributed by atoms with E-state index in [1.54, 1.807) is 43.3 Å². The maximum Gasteiger partial charge on any atom is 0.338 e. The van der Waals surface area contributed by atoms with Crippen LogP contribution in [0.15, 0.2) is 72.8 Å². The first-order chi connectivity index (χ1) is 18.3. The van der Waals surface area contributed by atoms with Gasteiger partial charge in [0.15, 0.2) is 0 Å². The van der Waals surface area contributed by atoms with Crippen LogP contribution in [0.1, 0.15) is 49.7 Å². The Labute approximate surface area is 222 Å². The molecular weight excluding hydrogens is 510 g/mol. The number of hydrogen-bond acceptors (Lipinski definition) is 7. The second kappa shape index (κ2) is 8.72. The zero-order chi connectivity index (χ0) is 26.8. The number of carbonyl (C=O) groups excluding carboxylic acids is 5. The second-order valence-electron chi connectivity index (χ2n) is 9.31. The van der Waals surface area contributed by atoms with Crippen molar-refractivity contribution in [3.05, 3.63) is 100 Å². The van der Waals surface area contributed by atoms with E-state index in [-0.39, 0.29) is 29.0 Å². The molecule has 0 N–H and O–H groups in total. The van der Waals surface area contributed by atoms with E-state index in [9.17, 15) is 24.0 Å². The van der Waals surface area contributed by atoms with Crippen molar-refractivity contribution in [1.82, 2.24) is 0 Å². The zero-order valence-corrected chi connectivity index (χ0v) is 20.8. The van der Waals surface area contributed by atoms with Gasteiger partial charge in [-0.3, -0.25) is 19.2 Å². The minimum atomic E-state index is -2.16. The molecule has 190 valence electrons. The number of ether oxygens (including phenoxy) is 2. The Morgan fingerprint density at radius 1 is 0.895 bits per heavy atom. The molecule has 38 heavy (non-hydrogen) atoms. The number of hydrogen-bond donors (Lipinski definition) is 0. The summed E-state index contributed by atoms with van der Waals surface area (Å²) in [4.78, 5) is 68.4. The summed E-state index contributed by atoms with van der Waals surface area (Å²) in [6.07, 6.45) is -1.04. The Morgan fingerprint density at radius 3 is 2.08 bits per heavy atom. The van der Waals surface area contributed by atoms with Gasteiger partial charge in [0, 0.05) is 16.1 Å². The fourth-order valence-electron chi connectivity index (χ4n) is 5.69. The maximum atomic E-state index is 14.0. The van der Waals surface area contributed by atoms with E-state index >= 15 is 0 Å². The zero-order valence-electron chi connectivity index (χ0n) is 20.1. The lowest BCUT2D eigenvalue weighted by atomic mass is 9.77. The normalized spacial score (nSPS) is 23.2. The smallest absolute Gasteiger partial charge is 0.338 e. The molecule has 3 aromatic rings. The van der Waals surface area contributed by atoms with E-state index in [1.807, 2.05) is 0 Å². The third-order valence-corrected chi connectivity index (χ3v) is 7.61. The summed E-state index contributed by atoms with van der Waals surface area (Å²) in [7, 11) is 0. The van der Waals surface area contributed by atoms with Crippen LogP contribution < -0.4 is 4.90 Å². The minimum absolute atomic E-state index is 0.158. The maximum absolute atomic E-state index is 14.0. The number of ketones is 2. The fourth-order valence-corrected chi connectivity index (χ4v) is 5.81. The van der Waals surface area contributed by atoms with Crippen LogP contribution in [0.3, 0.4) is 0 Å². The minimum Gasteiger partial charge on any atom is -0.462 e. The van der Waals surface area contributed by atoms with Crippen molar-refractivity contribution in [1.29, 1.82) is 0 Å². The van der Waals surface area contributed by atoms with E-state index in [0.717, 1.165) is 4.90 Å². The van der Waals surface area contributed by atoms with Crippen molar-refractivity contribution in [3.63, 3.8) is 0 Å². The third kappa shape index (κ3) is 3.23. The predicted molar refractivity (Wildman–Crippen MR) is 135 cm³/mol. The SMILES string of the molecule is CCOC(=O)c1ccc(N2C(=O)[C@H]3[C@@H](c4ccc(Cl)cc4)OC4(C(=O)c5ccccc5C4=O)[C@H]3C2=O)cc1. The van der Waals surface area contributed by atoms with Crippen LogP contribution in [0.25, 0.3) is 0 Å². The number of amides is 2. The number of anilines is 1. The van der Waals surface area contributed by atoms with Crippen LogP contribution >= 0.6 is 11.6 Å². The van der Waals surface area contributed by atoms with E-state index in [0.29, 0.717) is 10.6 Å². The summed E-state index contributed by atoms with van der Waals surface area (Å²) in [6, 6.07) is 18.6. The highest BCUT2D eigenvalue weighted by molar-refractivity contribution is 6.37. The number of fused-ring (bicyclic) bond motifs is 3. The summed E-state index contributed by atoms with van der Waals surface area (Å²) in [5.74, 6) is -5.61. The lowest BCUT2D eigenvalue weighted by Crippen LogP contribution is -2.51. The highest BCUT2D eigenvalue weighted by Crippen LogP contribution is 2.57.